The number of aromatic nitrogens is 2. The van der Waals surface area contributed by atoms with Crippen molar-refractivity contribution >= 4 is 16.8 Å². The van der Waals surface area contributed by atoms with Gasteiger partial charge in [-0.2, -0.15) is 0 Å². The molecule has 1 aliphatic heterocycles. The third kappa shape index (κ3) is 2.79. The lowest BCUT2D eigenvalue weighted by Crippen LogP contribution is -2.27. The molecule has 1 atom stereocenters. The molecule has 0 aliphatic carbocycles. The number of nitrogens with one attached hydrogen (secondary N) is 1. The van der Waals surface area contributed by atoms with Gasteiger partial charge in [0.2, 0.25) is 0 Å². The second kappa shape index (κ2) is 6.41. The molecule has 2 heterocycles. The Morgan fingerprint density at radius 3 is 2.85 bits per heavy atom. The van der Waals surface area contributed by atoms with Crippen LogP contribution in [0.5, 0.6) is 0 Å². The van der Waals surface area contributed by atoms with Crippen molar-refractivity contribution in [2.45, 2.75) is 39.3 Å². The third-order valence-corrected chi connectivity index (χ3v) is 5.08. The molecule has 132 valence electrons. The molecule has 4 rings (SSSR count). The van der Waals surface area contributed by atoms with Gasteiger partial charge in [0.25, 0.3) is 11.5 Å². The van der Waals surface area contributed by atoms with Gasteiger partial charge in [-0.1, -0.05) is 24.3 Å². The number of hydrogen-bond acceptors (Lipinski definition) is 3. The minimum absolute atomic E-state index is 0.0114. The van der Waals surface area contributed by atoms with Crippen LogP contribution in [0.2, 0.25) is 0 Å². The number of hydrogen-bond donors (Lipinski definition) is 1. The first-order valence-corrected chi connectivity index (χ1v) is 8.94. The first-order chi connectivity index (χ1) is 12.5. The van der Waals surface area contributed by atoms with Crippen LogP contribution in [0.1, 0.15) is 46.7 Å². The molecule has 5 heteroatoms. The standard InChI is InChI=1S/C21H21N3O2/c1-13-6-3-4-7-16(13)14(2)22-20(25)15-9-10-17-18(12-15)23-19-8-5-11-24(19)21(17)26/h3-4,6-7,9-10,12,14H,5,8,11H2,1-2H3,(H,22,25). The van der Waals surface area contributed by atoms with E-state index >= 15 is 0 Å². The van der Waals surface area contributed by atoms with E-state index in [9.17, 15) is 9.59 Å². The summed E-state index contributed by atoms with van der Waals surface area (Å²) < 4.78 is 1.74. The van der Waals surface area contributed by atoms with Crippen LogP contribution in [0.25, 0.3) is 10.9 Å². The normalized spacial score (nSPS) is 14.2. The molecule has 1 N–H and O–H groups in total. The van der Waals surface area contributed by atoms with E-state index in [0.29, 0.717) is 16.5 Å². The Labute approximate surface area is 151 Å². The zero-order valence-corrected chi connectivity index (χ0v) is 15.0. The highest BCUT2D eigenvalue weighted by molar-refractivity contribution is 5.97. The van der Waals surface area contributed by atoms with Gasteiger partial charge in [0.15, 0.2) is 0 Å². The number of aryl methyl sites for hydroxylation is 2. The highest BCUT2D eigenvalue weighted by Crippen LogP contribution is 2.19. The summed E-state index contributed by atoms with van der Waals surface area (Å²) in [4.78, 5) is 29.8. The summed E-state index contributed by atoms with van der Waals surface area (Å²) >= 11 is 0. The maximum atomic E-state index is 12.7. The summed E-state index contributed by atoms with van der Waals surface area (Å²) in [6, 6.07) is 13.0. The van der Waals surface area contributed by atoms with Crippen molar-refractivity contribution in [2.24, 2.45) is 0 Å². The number of nitrogens with zero attached hydrogens (tertiary/aromatic N) is 2. The van der Waals surface area contributed by atoms with Gasteiger partial charge < -0.3 is 5.32 Å². The molecule has 26 heavy (non-hydrogen) atoms. The van der Waals surface area contributed by atoms with E-state index in [1.165, 1.54) is 0 Å². The van der Waals surface area contributed by atoms with Gasteiger partial charge in [-0.05, 0) is 49.6 Å². The topological polar surface area (TPSA) is 64.0 Å². The SMILES string of the molecule is Cc1ccccc1C(C)NC(=O)c1ccc2c(=O)n3c(nc2c1)CCC3. The predicted octanol–water partition coefficient (Wildman–Crippen LogP) is 3.14. The fourth-order valence-corrected chi connectivity index (χ4v) is 3.66. The molecule has 1 aromatic heterocycles. The Balaban J connectivity index is 1.64. The maximum absolute atomic E-state index is 12.7. The molecule has 5 nitrogen and oxygen atoms in total. The lowest BCUT2D eigenvalue weighted by Gasteiger charge is -2.16. The smallest absolute Gasteiger partial charge is 0.261 e. The quantitative estimate of drug-likeness (QED) is 0.792. The summed E-state index contributed by atoms with van der Waals surface area (Å²) in [5.74, 6) is 0.651. The number of rotatable bonds is 3. The lowest BCUT2D eigenvalue weighted by molar-refractivity contribution is 0.0940. The first kappa shape index (κ1) is 16.5. The Bertz CT molecular complexity index is 1070. The van der Waals surface area contributed by atoms with Crippen LogP contribution in [0, 0.1) is 6.92 Å². The zero-order valence-electron chi connectivity index (χ0n) is 15.0. The summed E-state index contributed by atoms with van der Waals surface area (Å²) in [5, 5.41) is 3.60. The van der Waals surface area contributed by atoms with Gasteiger partial charge in [-0.15, -0.1) is 0 Å². The van der Waals surface area contributed by atoms with E-state index < -0.39 is 0 Å². The Kier molecular flexibility index (Phi) is 4.07. The van der Waals surface area contributed by atoms with Gasteiger partial charge >= 0.3 is 0 Å². The van der Waals surface area contributed by atoms with Crippen molar-refractivity contribution in [1.29, 1.82) is 0 Å². The molecular weight excluding hydrogens is 326 g/mol. The zero-order chi connectivity index (χ0) is 18.3. The minimum atomic E-state index is -0.162. The van der Waals surface area contributed by atoms with E-state index in [1.807, 2.05) is 38.1 Å². The van der Waals surface area contributed by atoms with E-state index in [2.05, 4.69) is 10.3 Å². The van der Waals surface area contributed by atoms with E-state index in [-0.39, 0.29) is 17.5 Å². The monoisotopic (exact) mass is 347 g/mol. The highest BCUT2D eigenvalue weighted by Gasteiger charge is 2.18. The van der Waals surface area contributed by atoms with Crippen molar-refractivity contribution in [3.63, 3.8) is 0 Å². The van der Waals surface area contributed by atoms with Crippen molar-refractivity contribution in [2.75, 3.05) is 0 Å². The van der Waals surface area contributed by atoms with Crippen LogP contribution >= 0.6 is 0 Å². The van der Waals surface area contributed by atoms with Gasteiger partial charge in [0.05, 0.1) is 16.9 Å². The first-order valence-electron chi connectivity index (χ1n) is 8.94. The van der Waals surface area contributed by atoms with Crippen LogP contribution in [0.3, 0.4) is 0 Å². The average molecular weight is 347 g/mol. The second-order valence-corrected chi connectivity index (χ2v) is 6.87. The maximum Gasteiger partial charge on any atom is 0.261 e. The summed E-state index contributed by atoms with van der Waals surface area (Å²) in [5.41, 5.74) is 3.34. The molecule has 1 aliphatic rings. The van der Waals surface area contributed by atoms with Crippen LogP contribution in [-0.2, 0) is 13.0 Å². The lowest BCUT2D eigenvalue weighted by atomic mass is 10.0. The Hall–Kier alpha value is -2.95. The second-order valence-electron chi connectivity index (χ2n) is 6.87. The van der Waals surface area contributed by atoms with Crippen LogP contribution in [0.4, 0.5) is 0 Å². The van der Waals surface area contributed by atoms with E-state index in [4.69, 9.17) is 0 Å². The van der Waals surface area contributed by atoms with Crippen molar-refractivity contribution in [3.8, 4) is 0 Å². The van der Waals surface area contributed by atoms with Crippen LogP contribution < -0.4 is 10.9 Å². The number of benzene rings is 2. The molecule has 0 saturated heterocycles. The molecule has 0 saturated carbocycles. The van der Waals surface area contributed by atoms with Gasteiger partial charge in [-0.25, -0.2) is 4.98 Å². The number of amides is 1. The largest absolute Gasteiger partial charge is 0.346 e. The van der Waals surface area contributed by atoms with Crippen LogP contribution in [-0.4, -0.2) is 15.5 Å². The van der Waals surface area contributed by atoms with Crippen molar-refractivity contribution < 1.29 is 4.79 Å². The van der Waals surface area contributed by atoms with E-state index in [1.54, 1.807) is 22.8 Å². The average Bonchev–Trinajstić information content (AvgIpc) is 3.10. The molecule has 1 unspecified atom stereocenters. The van der Waals surface area contributed by atoms with Crippen LogP contribution in [0.15, 0.2) is 47.3 Å². The minimum Gasteiger partial charge on any atom is -0.346 e. The fraction of sp³-hybridized carbons (Fsp3) is 0.286. The van der Waals surface area contributed by atoms with Gasteiger partial charge in [0, 0.05) is 18.5 Å². The highest BCUT2D eigenvalue weighted by atomic mass is 16.1. The van der Waals surface area contributed by atoms with Gasteiger partial charge in [-0.3, -0.25) is 14.2 Å². The number of carbonyl (C=O) groups is 1. The third-order valence-electron chi connectivity index (χ3n) is 5.08. The number of carbonyl (C=O) groups excluding carboxylic acids is 1. The molecule has 3 aromatic rings. The molecule has 0 bridgehead atoms. The predicted molar refractivity (Wildman–Crippen MR) is 101 cm³/mol. The molecular formula is C21H21N3O2. The number of fused-ring (bicyclic) bond motifs is 2. The summed E-state index contributed by atoms with van der Waals surface area (Å²) in [6.07, 6.45) is 1.76. The summed E-state index contributed by atoms with van der Waals surface area (Å²) in [7, 11) is 0. The van der Waals surface area contributed by atoms with Gasteiger partial charge in [0.1, 0.15) is 5.82 Å². The molecule has 2 aromatic carbocycles. The molecule has 0 spiro atoms. The Morgan fingerprint density at radius 1 is 1.23 bits per heavy atom. The van der Waals surface area contributed by atoms with E-state index in [0.717, 1.165) is 36.3 Å². The van der Waals surface area contributed by atoms with Crippen molar-refractivity contribution in [1.82, 2.24) is 14.9 Å². The summed E-state index contributed by atoms with van der Waals surface area (Å²) in [6.45, 7) is 4.73. The van der Waals surface area contributed by atoms with Crippen molar-refractivity contribution in [3.05, 3.63) is 75.3 Å². The molecule has 1 amide bonds. The fourth-order valence-electron chi connectivity index (χ4n) is 3.66. The molecule has 0 radical (unpaired) electrons. The Morgan fingerprint density at radius 2 is 2.04 bits per heavy atom. The molecule has 0 fully saturated rings.